The predicted molar refractivity (Wildman–Crippen MR) is 154 cm³/mol. The number of ether oxygens (including phenoxy) is 1. The van der Waals surface area contributed by atoms with E-state index in [2.05, 4.69) is 97.5 Å². The van der Waals surface area contributed by atoms with E-state index in [9.17, 15) is 5.26 Å². The molecule has 0 unspecified atom stereocenters. The molecule has 0 amide bonds. The number of anilines is 2. The van der Waals surface area contributed by atoms with Crippen LogP contribution >= 0.6 is 11.3 Å². The molecule has 2 N–H and O–H groups in total. The maximum absolute atomic E-state index is 9.93. The summed E-state index contributed by atoms with van der Waals surface area (Å²) < 4.78 is 6.33. The number of aromatic amines is 1. The smallest absolute Gasteiger partial charge is 0.132 e. The van der Waals surface area contributed by atoms with Gasteiger partial charge in [-0.15, -0.1) is 11.3 Å². The zero-order valence-electron chi connectivity index (χ0n) is 21.9. The number of rotatable bonds is 8. The molecule has 0 spiro atoms. The summed E-state index contributed by atoms with van der Waals surface area (Å²) in [6.45, 7) is 7.79. The number of pyridine rings is 1. The number of benzene rings is 2. The van der Waals surface area contributed by atoms with E-state index in [0.717, 1.165) is 67.2 Å². The first-order chi connectivity index (χ1) is 17.9. The second-order valence-corrected chi connectivity index (χ2v) is 10.7. The monoisotopic (exact) mass is 509 g/mol. The molecule has 0 radical (unpaired) electrons. The van der Waals surface area contributed by atoms with Gasteiger partial charge in [-0.1, -0.05) is 13.0 Å². The van der Waals surface area contributed by atoms with Crippen molar-refractivity contribution in [3.05, 3.63) is 71.0 Å². The lowest BCUT2D eigenvalue weighted by Crippen LogP contribution is -2.13. The first-order valence-electron chi connectivity index (χ1n) is 12.5. The highest BCUT2D eigenvalue weighted by Gasteiger charge is 2.19. The Morgan fingerprint density at radius 3 is 2.73 bits per heavy atom. The van der Waals surface area contributed by atoms with Crippen molar-refractivity contribution in [3.63, 3.8) is 0 Å². The second-order valence-electron chi connectivity index (χ2n) is 9.68. The number of fused-ring (bicyclic) bond motifs is 2. The fraction of sp³-hybridized carbons (Fsp3) is 0.267. The summed E-state index contributed by atoms with van der Waals surface area (Å²) in [4.78, 5) is 12.0. The molecule has 0 saturated heterocycles. The highest BCUT2D eigenvalue weighted by atomic mass is 32.1. The van der Waals surface area contributed by atoms with E-state index in [1.165, 1.54) is 11.1 Å². The number of aryl methyl sites for hydroxylation is 2. The van der Waals surface area contributed by atoms with Gasteiger partial charge in [0, 0.05) is 56.9 Å². The molecule has 6 nitrogen and oxygen atoms in total. The number of hydrogen-bond acceptors (Lipinski definition) is 6. The predicted octanol–water partition coefficient (Wildman–Crippen LogP) is 7.53. The molecule has 188 valence electrons. The van der Waals surface area contributed by atoms with E-state index in [-0.39, 0.29) is 0 Å². The summed E-state index contributed by atoms with van der Waals surface area (Å²) in [6.07, 6.45) is 4.55. The third-order valence-corrected chi connectivity index (χ3v) is 7.53. The van der Waals surface area contributed by atoms with Gasteiger partial charge in [-0.3, -0.25) is 0 Å². The van der Waals surface area contributed by atoms with Gasteiger partial charge in [-0.25, -0.2) is 4.98 Å². The first kappa shape index (κ1) is 24.8. The molecule has 0 fully saturated rings. The van der Waals surface area contributed by atoms with Crippen molar-refractivity contribution in [2.75, 3.05) is 26.0 Å². The van der Waals surface area contributed by atoms with E-state index in [1.807, 2.05) is 6.20 Å². The van der Waals surface area contributed by atoms with Crippen molar-refractivity contribution >= 4 is 43.8 Å². The second kappa shape index (κ2) is 10.3. The van der Waals surface area contributed by atoms with E-state index in [0.29, 0.717) is 12.2 Å². The van der Waals surface area contributed by atoms with Crippen LogP contribution in [0.3, 0.4) is 0 Å². The van der Waals surface area contributed by atoms with Gasteiger partial charge in [0.25, 0.3) is 0 Å². The Kier molecular flexibility index (Phi) is 6.88. The maximum atomic E-state index is 9.93. The fourth-order valence-electron chi connectivity index (χ4n) is 4.76. The summed E-state index contributed by atoms with van der Waals surface area (Å²) in [6, 6.07) is 15.1. The molecule has 5 rings (SSSR count). The molecule has 0 aliphatic heterocycles. The fourth-order valence-corrected chi connectivity index (χ4v) is 5.78. The first-order valence-corrected chi connectivity index (χ1v) is 13.3. The third kappa shape index (κ3) is 4.78. The number of hydrogen-bond donors (Lipinski definition) is 2. The Morgan fingerprint density at radius 1 is 1.14 bits per heavy atom. The number of H-pyrrole nitrogens is 1. The molecule has 7 heteroatoms. The van der Waals surface area contributed by atoms with Gasteiger partial charge in [0.1, 0.15) is 16.6 Å². The van der Waals surface area contributed by atoms with Gasteiger partial charge in [0.15, 0.2) is 0 Å². The van der Waals surface area contributed by atoms with Gasteiger partial charge in [-0.2, -0.15) is 5.26 Å². The molecule has 3 heterocycles. The van der Waals surface area contributed by atoms with Crippen molar-refractivity contribution in [2.45, 2.75) is 33.7 Å². The number of nitrogens with one attached hydrogen (secondary N) is 2. The SMILES string of the molecule is CCCOc1c(CN(C)C)cc(C)cc1-c1cc2c(Nc3ccc4[nH]ccc4c3C)c(C#N)cnc2s1. The van der Waals surface area contributed by atoms with Crippen molar-refractivity contribution in [1.82, 2.24) is 14.9 Å². The van der Waals surface area contributed by atoms with Crippen LogP contribution in [0.15, 0.2) is 48.8 Å². The minimum atomic E-state index is 0.519. The Morgan fingerprint density at radius 2 is 1.97 bits per heavy atom. The van der Waals surface area contributed by atoms with E-state index >= 15 is 0 Å². The van der Waals surface area contributed by atoms with Crippen LogP contribution in [0.25, 0.3) is 31.6 Å². The summed E-state index contributed by atoms with van der Waals surface area (Å²) in [7, 11) is 4.15. The van der Waals surface area contributed by atoms with Crippen LogP contribution in [0.5, 0.6) is 5.75 Å². The highest BCUT2D eigenvalue weighted by molar-refractivity contribution is 7.22. The number of nitriles is 1. The average molecular weight is 510 g/mol. The number of aromatic nitrogens is 2. The Balaban J connectivity index is 1.66. The Bertz CT molecular complexity index is 1640. The molecule has 0 aliphatic carbocycles. The van der Waals surface area contributed by atoms with Crippen LogP contribution in [-0.2, 0) is 6.54 Å². The number of nitrogens with zero attached hydrogens (tertiary/aromatic N) is 3. The topological polar surface area (TPSA) is 77.0 Å². The van der Waals surface area contributed by atoms with Crippen molar-refractivity contribution in [3.8, 4) is 22.3 Å². The molecule has 0 bridgehead atoms. The standard InChI is InChI=1S/C30H31N5OS/c1-6-11-36-29-20(17-35(4)5)12-18(2)13-23(29)27-14-24-28(21(15-31)16-33-30(24)37-27)34-25-7-8-26-22(19(25)3)9-10-32-26/h7-10,12-14,16,32H,6,11,17H2,1-5H3,(H,33,34). The zero-order chi connectivity index (χ0) is 26.1. The van der Waals surface area contributed by atoms with Gasteiger partial charge in [0.2, 0.25) is 0 Å². The average Bonchev–Trinajstić information content (AvgIpc) is 3.52. The molecular weight excluding hydrogens is 478 g/mol. The largest absolute Gasteiger partial charge is 0.493 e. The summed E-state index contributed by atoms with van der Waals surface area (Å²) in [5, 5.41) is 15.6. The normalized spacial score (nSPS) is 11.4. The van der Waals surface area contributed by atoms with Crippen molar-refractivity contribution < 1.29 is 4.74 Å². The molecule has 0 saturated carbocycles. The molecule has 0 atom stereocenters. The van der Waals surface area contributed by atoms with Crippen LogP contribution in [0.4, 0.5) is 11.4 Å². The van der Waals surface area contributed by atoms with Crippen molar-refractivity contribution in [1.29, 1.82) is 5.26 Å². The summed E-state index contributed by atoms with van der Waals surface area (Å²) in [5.41, 5.74) is 7.93. The lowest BCUT2D eigenvalue weighted by atomic mass is 10.0. The van der Waals surface area contributed by atoms with E-state index < -0.39 is 0 Å². The molecule has 2 aromatic carbocycles. The molecular formula is C30H31N5OS. The van der Waals surface area contributed by atoms with Gasteiger partial charge >= 0.3 is 0 Å². The molecule has 37 heavy (non-hydrogen) atoms. The zero-order valence-corrected chi connectivity index (χ0v) is 22.7. The Hall–Kier alpha value is -3.86. The van der Waals surface area contributed by atoms with Crippen LogP contribution in [0.1, 0.15) is 35.6 Å². The van der Waals surface area contributed by atoms with Crippen LogP contribution < -0.4 is 10.1 Å². The van der Waals surface area contributed by atoms with E-state index in [1.54, 1.807) is 17.5 Å². The maximum Gasteiger partial charge on any atom is 0.132 e. The van der Waals surface area contributed by atoms with Gasteiger partial charge < -0.3 is 19.9 Å². The molecule has 0 aliphatic rings. The third-order valence-electron chi connectivity index (χ3n) is 6.46. The molecule has 3 aromatic heterocycles. The van der Waals surface area contributed by atoms with Crippen LogP contribution in [-0.4, -0.2) is 35.6 Å². The Labute approximate surface area is 221 Å². The lowest BCUT2D eigenvalue weighted by molar-refractivity contribution is 0.307. The summed E-state index contributed by atoms with van der Waals surface area (Å²) >= 11 is 1.63. The molecule has 5 aromatic rings. The highest BCUT2D eigenvalue weighted by Crippen LogP contribution is 2.43. The van der Waals surface area contributed by atoms with Gasteiger partial charge in [0.05, 0.1) is 17.9 Å². The minimum absolute atomic E-state index is 0.519. The van der Waals surface area contributed by atoms with Crippen molar-refractivity contribution in [2.24, 2.45) is 0 Å². The van der Waals surface area contributed by atoms with Crippen LogP contribution in [0, 0.1) is 25.2 Å². The summed E-state index contributed by atoms with van der Waals surface area (Å²) in [5.74, 6) is 0.927. The lowest BCUT2D eigenvalue weighted by Gasteiger charge is -2.19. The van der Waals surface area contributed by atoms with Crippen LogP contribution in [0.2, 0.25) is 0 Å². The minimum Gasteiger partial charge on any atom is -0.493 e. The van der Waals surface area contributed by atoms with E-state index in [4.69, 9.17) is 4.74 Å². The van der Waals surface area contributed by atoms with Gasteiger partial charge in [-0.05, 0) is 75.8 Å². The number of thiophene rings is 1. The quantitative estimate of drug-likeness (QED) is 0.226.